The van der Waals surface area contributed by atoms with Crippen LogP contribution in [0.2, 0.25) is 10.0 Å². The molecule has 0 fully saturated rings. The predicted molar refractivity (Wildman–Crippen MR) is 78.1 cm³/mol. The number of aliphatic hydroxyl groups is 1. The Morgan fingerprint density at radius 3 is 2.79 bits per heavy atom. The van der Waals surface area contributed by atoms with Crippen molar-refractivity contribution >= 4 is 40.4 Å². The number of thiophene rings is 1. The van der Waals surface area contributed by atoms with Gasteiger partial charge in [-0.2, -0.15) is 0 Å². The zero-order chi connectivity index (χ0) is 13.8. The lowest BCUT2D eigenvalue weighted by Gasteiger charge is -2.11. The fraction of sp³-hybridized carbons (Fsp3) is 0.154. The second-order valence-corrected chi connectivity index (χ2v) is 5.69. The Hall–Kier alpha value is -1.07. The van der Waals surface area contributed by atoms with Gasteiger partial charge in [-0.25, -0.2) is 0 Å². The van der Waals surface area contributed by atoms with Crippen molar-refractivity contribution in [1.82, 2.24) is 5.32 Å². The lowest BCUT2D eigenvalue weighted by molar-refractivity contribution is 0.0918. The largest absolute Gasteiger partial charge is 0.386 e. The number of carbonyl (C=O) groups is 1. The zero-order valence-electron chi connectivity index (χ0n) is 9.77. The highest BCUT2D eigenvalue weighted by atomic mass is 35.5. The Balaban J connectivity index is 1.98. The Morgan fingerprint density at radius 1 is 1.37 bits per heavy atom. The van der Waals surface area contributed by atoms with Crippen LogP contribution in [0.15, 0.2) is 35.7 Å². The maximum absolute atomic E-state index is 11.9. The predicted octanol–water partition coefficient (Wildman–Crippen LogP) is 3.52. The van der Waals surface area contributed by atoms with Gasteiger partial charge in [0, 0.05) is 16.4 Å². The minimum atomic E-state index is -0.713. The van der Waals surface area contributed by atoms with E-state index in [0.717, 1.165) is 4.88 Å². The number of rotatable bonds is 4. The van der Waals surface area contributed by atoms with E-state index in [-0.39, 0.29) is 17.5 Å². The molecule has 0 saturated heterocycles. The van der Waals surface area contributed by atoms with Crippen LogP contribution >= 0.6 is 34.5 Å². The summed E-state index contributed by atoms with van der Waals surface area (Å²) in [5.41, 5.74) is 0.337. The molecule has 1 aromatic carbocycles. The van der Waals surface area contributed by atoms with E-state index in [0.29, 0.717) is 10.6 Å². The number of carbonyl (C=O) groups excluding carboxylic acids is 1. The molecule has 0 aliphatic carbocycles. The fourth-order valence-corrected chi connectivity index (χ4v) is 2.75. The van der Waals surface area contributed by atoms with Gasteiger partial charge in [0.2, 0.25) is 0 Å². The third-order valence-corrected chi connectivity index (χ3v) is 4.02. The molecule has 6 heteroatoms. The summed E-state index contributed by atoms with van der Waals surface area (Å²) in [4.78, 5) is 12.7. The summed E-state index contributed by atoms with van der Waals surface area (Å²) in [6, 6.07) is 8.32. The summed E-state index contributed by atoms with van der Waals surface area (Å²) < 4.78 is 0. The third-order valence-electron chi connectivity index (χ3n) is 2.50. The molecule has 0 aliphatic heterocycles. The van der Waals surface area contributed by atoms with Gasteiger partial charge in [0.25, 0.3) is 5.91 Å². The van der Waals surface area contributed by atoms with Gasteiger partial charge in [0.15, 0.2) is 0 Å². The first kappa shape index (κ1) is 14.3. The number of amides is 1. The summed E-state index contributed by atoms with van der Waals surface area (Å²) in [6.45, 7) is 0.137. The number of hydrogen-bond donors (Lipinski definition) is 2. The van der Waals surface area contributed by atoms with E-state index >= 15 is 0 Å². The summed E-state index contributed by atoms with van der Waals surface area (Å²) in [5, 5.41) is 15.1. The van der Waals surface area contributed by atoms with Crippen molar-refractivity contribution in [3.63, 3.8) is 0 Å². The van der Waals surface area contributed by atoms with Crippen LogP contribution < -0.4 is 5.32 Å². The van der Waals surface area contributed by atoms with E-state index < -0.39 is 6.10 Å². The number of hydrogen-bond acceptors (Lipinski definition) is 3. The average molecular weight is 316 g/mol. The Labute approximate surface area is 124 Å². The summed E-state index contributed by atoms with van der Waals surface area (Å²) >= 11 is 13.1. The molecule has 1 atom stereocenters. The van der Waals surface area contributed by atoms with E-state index in [1.54, 1.807) is 12.1 Å². The Morgan fingerprint density at radius 2 is 2.16 bits per heavy atom. The number of halogens is 2. The molecule has 1 heterocycles. The normalized spacial score (nSPS) is 12.2. The molecular formula is C13H11Cl2NO2S. The first-order valence-electron chi connectivity index (χ1n) is 5.52. The van der Waals surface area contributed by atoms with Gasteiger partial charge in [0.05, 0.1) is 10.6 Å². The SMILES string of the molecule is O=C(NC[C@@H](O)c1cccs1)c1ccc(Cl)cc1Cl. The lowest BCUT2D eigenvalue weighted by atomic mass is 10.2. The molecule has 19 heavy (non-hydrogen) atoms. The highest BCUT2D eigenvalue weighted by Crippen LogP contribution is 2.21. The van der Waals surface area contributed by atoms with Gasteiger partial charge in [-0.15, -0.1) is 11.3 Å². The molecule has 1 amide bonds. The van der Waals surface area contributed by atoms with Crippen molar-refractivity contribution in [2.24, 2.45) is 0 Å². The lowest BCUT2D eigenvalue weighted by Crippen LogP contribution is -2.28. The smallest absolute Gasteiger partial charge is 0.252 e. The van der Waals surface area contributed by atoms with Crippen molar-refractivity contribution in [1.29, 1.82) is 0 Å². The molecule has 1 aromatic heterocycles. The van der Waals surface area contributed by atoms with Crippen molar-refractivity contribution < 1.29 is 9.90 Å². The van der Waals surface area contributed by atoms with Crippen LogP contribution in [-0.4, -0.2) is 17.6 Å². The van der Waals surface area contributed by atoms with E-state index in [4.69, 9.17) is 23.2 Å². The second kappa shape index (κ2) is 6.39. The van der Waals surface area contributed by atoms with E-state index in [2.05, 4.69) is 5.32 Å². The van der Waals surface area contributed by atoms with Gasteiger partial charge in [0.1, 0.15) is 6.10 Å². The molecule has 0 unspecified atom stereocenters. The zero-order valence-corrected chi connectivity index (χ0v) is 12.1. The molecule has 2 N–H and O–H groups in total. The first-order chi connectivity index (χ1) is 9.08. The molecule has 0 aliphatic rings. The monoisotopic (exact) mass is 315 g/mol. The molecule has 3 nitrogen and oxygen atoms in total. The van der Waals surface area contributed by atoms with Crippen molar-refractivity contribution in [2.45, 2.75) is 6.10 Å². The van der Waals surface area contributed by atoms with Gasteiger partial charge in [-0.05, 0) is 29.6 Å². The minimum Gasteiger partial charge on any atom is -0.386 e. The van der Waals surface area contributed by atoms with Crippen molar-refractivity contribution in [2.75, 3.05) is 6.54 Å². The second-order valence-electron chi connectivity index (χ2n) is 3.87. The first-order valence-corrected chi connectivity index (χ1v) is 7.16. The van der Waals surface area contributed by atoms with Crippen molar-refractivity contribution in [3.05, 3.63) is 56.2 Å². The van der Waals surface area contributed by atoms with E-state index in [1.165, 1.54) is 17.4 Å². The summed E-state index contributed by atoms with van der Waals surface area (Å²) in [6.07, 6.45) is -0.713. The van der Waals surface area contributed by atoms with Gasteiger partial charge in [-0.1, -0.05) is 29.3 Å². The molecular weight excluding hydrogens is 305 g/mol. The van der Waals surface area contributed by atoms with E-state index in [9.17, 15) is 9.90 Å². The molecule has 100 valence electrons. The number of nitrogens with one attached hydrogen (secondary N) is 1. The molecule has 0 saturated carbocycles. The van der Waals surface area contributed by atoms with E-state index in [1.807, 2.05) is 17.5 Å². The molecule has 0 bridgehead atoms. The van der Waals surface area contributed by atoms with Crippen LogP contribution in [0.25, 0.3) is 0 Å². The van der Waals surface area contributed by atoms with Crippen LogP contribution in [0.5, 0.6) is 0 Å². The quantitative estimate of drug-likeness (QED) is 0.907. The van der Waals surface area contributed by atoms with Gasteiger partial charge >= 0.3 is 0 Å². The molecule has 0 spiro atoms. The van der Waals surface area contributed by atoms with Gasteiger partial charge in [-0.3, -0.25) is 4.79 Å². The minimum absolute atomic E-state index is 0.137. The average Bonchev–Trinajstić information content (AvgIpc) is 2.89. The van der Waals surface area contributed by atoms with Gasteiger partial charge < -0.3 is 10.4 Å². The molecule has 2 rings (SSSR count). The topological polar surface area (TPSA) is 49.3 Å². The van der Waals surface area contributed by atoms with Crippen LogP contribution in [-0.2, 0) is 0 Å². The standard InChI is InChI=1S/C13H11Cl2NO2S/c14-8-3-4-9(10(15)6-8)13(18)16-7-11(17)12-2-1-5-19-12/h1-6,11,17H,7H2,(H,16,18)/t11-/m1/s1. The number of benzene rings is 1. The molecule has 2 aromatic rings. The van der Waals surface area contributed by atoms with Crippen LogP contribution in [0.1, 0.15) is 21.3 Å². The third kappa shape index (κ3) is 3.70. The molecule has 0 radical (unpaired) electrons. The highest BCUT2D eigenvalue weighted by molar-refractivity contribution is 7.10. The van der Waals surface area contributed by atoms with Crippen LogP contribution in [0.4, 0.5) is 0 Å². The Bertz CT molecular complexity index is 572. The highest BCUT2D eigenvalue weighted by Gasteiger charge is 2.13. The van der Waals surface area contributed by atoms with Crippen molar-refractivity contribution in [3.8, 4) is 0 Å². The fourth-order valence-electron chi connectivity index (χ4n) is 1.54. The van der Waals surface area contributed by atoms with Crippen LogP contribution in [0, 0.1) is 0 Å². The Kier molecular flexibility index (Phi) is 4.82. The maximum Gasteiger partial charge on any atom is 0.252 e. The summed E-state index contributed by atoms with van der Waals surface area (Å²) in [5.74, 6) is -0.336. The summed E-state index contributed by atoms with van der Waals surface area (Å²) in [7, 11) is 0. The maximum atomic E-state index is 11.9. The number of aliphatic hydroxyl groups excluding tert-OH is 1. The van der Waals surface area contributed by atoms with Crippen LogP contribution in [0.3, 0.4) is 0 Å².